The third kappa shape index (κ3) is 5.52. The first-order valence-corrected chi connectivity index (χ1v) is 9.08. The first kappa shape index (κ1) is 19.8. The molecule has 3 amide bonds. The van der Waals surface area contributed by atoms with E-state index in [1.165, 1.54) is 13.0 Å². The van der Waals surface area contributed by atoms with Crippen LogP contribution in [-0.2, 0) is 4.79 Å². The van der Waals surface area contributed by atoms with Gasteiger partial charge >= 0.3 is 0 Å². The Morgan fingerprint density at radius 3 is 1.72 bits per heavy atom. The number of anilines is 3. The van der Waals surface area contributed by atoms with E-state index in [9.17, 15) is 14.4 Å². The number of benzene rings is 3. The molecule has 0 spiro atoms. The predicted octanol–water partition coefficient (Wildman–Crippen LogP) is 4.46. The van der Waals surface area contributed by atoms with E-state index in [0.29, 0.717) is 28.2 Å². The summed E-state index contributed by atoms with van der Waals surface area (Å²) in [6, 6.07) is 20.8. The van der Waals surface area contributed by atoms with Crippen molar-refractivity contribution in [3.05, 3.63) is 89.5 Å². The fourth-order valence-corrected chi connectivity index (χ4v) is 2.72. The van der Waals surface area contributed by atoms with Gasteiger partial charge in [0.05, 0.1) is 0 Å². The Kier molecular flexibility index (Phi) is 6.04. The number of carbonyl (C=O) groups excluding carboxylic acids is 3. The van der Waals surface area contributed by atoms with E-state index >= 15 is 0 Å². The Bertz CT molecular complexity index is 1060. The fraction of sp³-hybridized carbons (Fsp3) is 0.0870. The Labute approximate surface area is 169 Å². The minimum Gasteiger partial charge on any atom is -0.326 e. The first-order valence-electron chi connectivity index (χ1n) is 9.08. The standard InChI is InChI=1S/C23H21N3O3/c1-15-9-11-19(12-10-15)25-22(28)17-5-3-6-18(13-17)23(29)26-21-8-4-7-20(14-21)24-16(2)27/h3-14H,1-2H3,(H,24,27)(H,25,28)(H,26,29). The number of aryl methyl sites for hydroxylation is 1. The molecule has 0 aliphatic carbocycles. The lowest BCUT2D eigenvalue weighted by molar-refractivity contribution is -0.114. The van der Waals surface area contributed by atoms with Crippen LogP contribution in [0.15, 0.2) is 72.8 Å². The second kappa shape index (κ2) is 8.84. The highest BCUT2D eigenvalue weighted by atomic mass is 16.2. The van der Waals surface area contributed by atoms with Crippen molar-refractivity contribution in [2.45, 2.75) is 13.8 Å². The van der Waals surface area contributed by atoms with Crippen LogP contribution >= 0.6 is 0 Å². The largest absolute Gasteiger partial charge is 0.326 e. The zero-order valence-electron chi connectivity index (χ0n) is 16.2. The molecule has 0 unspecified atom stereocenters. The molecule has 146 valence electrons. The van der Waals surface area contributed by atoms with Gasteiger partial charge in [0.2, 0.25) is 5.91 Å². The van der Waals surface area contributed by atoms with Gasteiger partial charge in [-0.15, -0.1) is 0 Å². The average molecular weight is 387 g/mol. The summed E-state index contributed by atoms with van der Waals surface area (Å²) >= 11 is 0. The fourth-order valence-electron chi connectivity index (χ4n) is 2.72. The SMILES string of the molecule is CC(=O)Nc1cccc(NC(=O)c2cccc(C(=O)Nc3ccc(C)cc3)c2)c1. The van der Waals surface area contributed by atoms with Crippen molar-refractivity contribution in [3.8, 4) is 0 Å². The molecule has 0 radical (unpaired) electrons. The van der Waals surface area contributed by atoms with Crippen molar-refractivity contribution in [2.24, 2.45) is 0 Å². The van der Waals surface area contributed by atoms with Gasteiger partial charge in [0.15, 0.2) is 0 Å². The first-order chi connectivity index (χ1) is 13.9. The van der Waals surface area contributed by atoms with Crippen LogP contribution in [0.2, 0.25) is 0 Å². The van der Waals surface area contributed by atoms with Crippen LogP contribution in [0.3, 0.4) is 0 Å². The van der Waals surface area contributed by atoms with Crippen LogP contribution in [0.5, 0.6) is 0 Å². The Hall–Kier alpha value is -3.93. The van der Waals surface area contributed by atoms with Gasteiger partial charge in [0.25, 0.3) is 11.8 Å². The lowest BCUT2D eigenvalue weighted by Crippen LogP contribution is -2.15. The topological polar surface area (TPSA) is 87.3 Å². The molecule has 29 heavy (non-hydrogen) atoms. The summed E-state index contributed by atoms with van der Waals surface area (Å²) < 4.78 is 0. The van der Waals surface area contributed by atoms with Crippen molar-refractivity contribution in [2.75, 3.05) is 16.0 Å². The highest BCUT2D eigenvalue weighted by Gasteiger charge is 2.11. The number of carbonyl (C=O) groups is 3. The second-order valence-corrected chi connectivity index (χ2v) is 6.62. The van der Waals surface area contributed by atoms with Crippen molar-refractivity contribution in [1.29, 1.82) is 0 Å². The van der Waals surface area contributed by atoms with Crippen molar-refractivity contribution in [1.82, 2.24) is 0 Å². The summed E-state index contributed by atoms with van der Waals surface area (Å²) in [4.78, 5) is 36.3. The van der Waals surface area contributed by atoms with Crippen LogP contribution in [0.4, 0.5) is 17.1 Å². The molecule has 3 rings (SSSR count). The lowest BCUT2D eigenvalue weighted by atomic mass is 10.1. The Morgan fingerprint density at radius 2 is 1.14 bits per heavy atom. The van der Waals surface area contributed by atoms with E-state index in [0.717, 1.165) is 5.56 Å². The molecule has 0 aliphatic heterocycles. The van der Waals surface area contributed by atoms with Gasteiger partial charge in [-0.3, -0.25) is 14.4 Å². The zero-order chi connectivity index (χ0) is 20.8. The number of nitrogens with one attached hydrogen (secondary N) is 3. The number of amides is 3. The van der Waals surface area contributed by atoms with E-state index in [4.69, 9.17) is 0 Å². The third-order valence-corrected chi connectivity index (χ3v) is 4.14. The highest BCUT2D eigenvalue weighted by molar-refractivity contribution is 6.09. The molecule has 0 atom stereocenters. The third-order valence-electron chi connectivity index (χ3n) is 4.14. The van der Waals surface area contributed by atoms with Gasteiger partial charge in [-0.1, -0.05) is 29.8 Å². The minimum absolute atomic E-state index is 0.194. The molecule has 3 aromatic rings. The van der Waals surface area contributed by atoms with Crippen molar-refractivity contribution >= 4 is 34.8 Å². The van der Waals surface area contributed by atoms with Crippen LogP contribution in [0.25, 0.3) is 0 Å². The monoisotopic (exact) mass is 387 g/mol. The lowest BCUT2D eigenvalue weighted by Gasteiger charge is -2.09. The number of rotatable bonds is 5. The second-order valence-electron chi connectivity index (χ2n) is 6.62. The Balaban J connectivity index is 1.71. The molecule has 0 heterocycles. The van der Waals surface area contributed by atoms with Crippen LogP contribution in [0, 0.1) is 6.92 Å². The van der Waals surface area contributed by atoms with Crippen LogP contribution in [0.1, 0.15) is 33.2 Å². The van der Waals surface area contributed by atoms with E-state index in [-0.39, 0.29) is 17.7 Å². The zero-order valence-corrected chi connectivity index (χ0v) is 16.2. The Morgan fingerprint density at radius 1 is 0.621 bits per heavy atom. The highest BCUT2D eigenvalue weighted by Crippen LogP contribution is 2.17. The molecule has 3 N–H and O–H groups in total. The predicted molar refractivity (Wildman–Crippen MR) is 114 cm³/mol. The number of hydrogen-bond acceptors (Lipinski definition) is 3. The number of hydrogen-bond donors (Lipinski definition) is 3. The molecule has 0 aromatic heterocycles. The molecular weight excluding hydrogens is 366 g/mol. The van der Waals surface area contributed by atoms with E-state index in [1.807, 2.05) is 31.2 Å². The molecule has 6 nitrogen and oxygen atoms in total. The van der Waals surface area contributed by atoms with Gasteiger partial charge in [-0.2, -0.15) is 0 Å². The molecule has 0 aliphatic rings. The summed E-state index contributed by atoms with van der Waals surface area (Å²) in [6.07, 6.45) is 0. The summed E-state index contributed by atoms with van der Waals surface area (Å²) in [6.45, 7) is 3.39. The van der Waals surface area contributed by atoms with E-state index < -0.39 is 0 Å². The minimum atomic E-state index is -0.352. The quantitative estimate of drug-likeness (QED) is 0.604. The molecule has 0 saturated carbocycles. The normalized spacial score (nSPS) is 10.1. The average Bonchev–Trinajstić information content (AvgIpc) is 2.69. The van der Waals surface area contributed by atoms with Crippen LogP contribution < -0.4 is 16.0 Å². The molecule has 0 fully saturated rings. The maximum absolute atomic E-state index is 12.6. The van der Waals surface area contributed by atoms with Gasteiger partial charge in [-0.25, -0.2) is 0 Å². The van der Waals surface area contributed by atoms with E-state index in [2.05, 4.69) is 16.0 Å². The molecule has 3 aromatic carbocycles. The molecule has 0 bridgehead atoms. The van der Waals surface area contributed by atoms with E-state index in [1.54, 1.807) is 42.5 Å². The van der Waals surface area contributed by atoms with Gasteiger partial charge < -0.3 is 16.0 Å². The molecule has 0 saturated heterocycles. The van der Waals surface area contributed by atoms with Gasteiger partial charge in [-0.05, 0) is 55.5 Å². The summed E-state index contributed by atoms with van der Waals surface area (Å²) in [5, 5.41) is 8.25. The molecular formula is C23H21N3O3. The van der Waals surface area contributed by atoms with Gasteiger partial charge in [0.1, 0.15) is 0 Å². The summed E-state index contributed by atoms with van der Waals surface area (Å²) in [5.41, 5.74) is 3.64. The van der Waals surface area contributed by atoms with Crippen LogP contribution in [-0.4, -0.2) is 17.7 Å². The smallest absolute Gasteiger partial charge is 0.255 e. The van der Waals surface area contributed by atoms with Crippen molar-refractivity contribution < 1.29 is 14.4 Å². The van der Waals surface area contributed by atoms with Gasteiger partial charge in [0, 0.05) is 35.1 Å². The molecule has 6 heteroatoms. The maximum atomic E-state index is 12.6. The maximum Gasteiger partial charge on any atom is 0.255 e. The van der Waals surface area contributed by atoms with Crippen molar-refractivity contribution in [3.63, 3.8) is 0 Å². The summed E-state index contributed by atoms with van der Waals surface area (Å²) in [5.74, 6) is -0.841. The summed E-state index contributed by atoms with van der Waals surface area (Å²) in [7, 11) is 0.